The number of carboxylic acid groups (broad SMARTS) is 1. The van der Waals surface area contributed by atoms with E-state index in [4.69, 9.17) is 16.7 Å². The quantitative estimate of drug-likeness (QED) is 0.872. The molecule has 0 aliphatic heterocycles. The van der Waals surface area contributed by atoms with Crippen molar-refractivity contribution in [3.8, 4) is 11.3 Å². The molecule has 0 radical (unpaired) electrons. The topological polar surface area (TPSA) is 63.3 Å². The zero-order chi connectivity index (χ0) is 11.7. The van der Waals surface area contributed by atoms with Crippen molar-refractivity contribution in [2.24, 2.45) is 0 Å². The Morgan fingerprint density at radius 2 is 2.25 bits per heavy atom. The Kier molecular flexibility index (Phi) is 2.66. The minimum Gasteiger partial charge on any atom is -0.475 e. The van der Waals surface area contributed by atoms with Crippen LogP contribution < -0.4 is 0 Å². The Morgan fingerprint density at radius 1 is 1.50 bits per heavy atom. The molecule has 2 rings (SSSR count). The van der Waals surface area contributed by atoms with Gasteiger partial charge in [-0.05, 0) is 18.6 Å². The van der Waals surface area contributed by atoms with Gasteiger partial charge in [0.15, 0.2) is 0 Å². The van der Waals surface area contributed by atoms with E-state index in [2.05, 4.69) is 9.68 Å². The lowest BCUT2D eigenvalue weighted by Gasteiger charge is -2.02. The van der Waals surface area contributed by atoms with Crippen LogP contribution >= 0.6 is 11.6 Å². The Balaban J connectivity index is 2.50. The van der Waals surface area contributed by atoms with Crippen molar-refractivity contribution in [3.63, 3.8) is 0 Å². The second-order valence-electron chi connectivity index (χ2n) is 3.29. The highest BCUT2D eigenvalue weighted by molar-refractivity contribution is 6.31. The van der Waals surface area contributed by atoms with Gasteiger partial charge in [0.2, 0.25) is 5.76 Å². The van der Waals surface area contributed by atoms with E-state index in [0.717, 1.165) is 11.1 Å². The van der Waals surface area contributed by atoms with Gasteiger partial charge in [-0.15, -0.1) is 0 Å². The minimum atomic E-state index is -1.14. The number of rotatable bonds is 2. The maximum atomic E-state index is 10.6. The van der Waals surface area contributed by atoms with Gasteiger partial charge in [0.05, 0.1) is 0 Å². The molecule has 0 bridgehead atoms. The monoisotopic (exact) mass is 237 g/mol. The smallest absolute Gasteiger partial charge is 0.374 e. The zero-order valence-electron chi connectivity index (χ0n) is 8.40. The summed E-state index contributed by atoms with van der Waals surface area (Å²) < 4.78 is 4.68. The molecule has 5 heteroatoms. The summed E-state index contributed by atoms with van der Waals surface area (Å²) in [5.41, 5.74) is 2.08. The average molecular weight is 238 g/mol. The standard InChI is InChI=1S/C11H8ClNO3/c1-6-7(3-2-4-8(6)12)9-5-10(11(14)15)16-13-9/h2-5H,1H3,(H,14,15). The molecule has 0 unspecified atom stereocenters. The van der Waals surface area contributed by atoms with E-state index in [1.54, 1.807) is 12.1 Å². The summed E-state index contributed by atoms with van der Waals surface area (Å²) in [6.07, 6.45) is 0. The van der Waals surface area contributed by atoms with Crippen LogP contribution in [-0.2, 0) is 0 Å². The van der Waals surface area contributed by atoms with Crippen molar-refractivity contribution in [2.75, 3.05) is 0 Å². The van der Waals surface area contributed by atoms with Crippen molar-refractivity contribution in [1.82, 2.24) is 5.16 Å². The molecule has 1 N–H and O–H groups in total. The predicted octanol–water partition coefficient (Wildman–Crippen LogP) is 3.00. The van der Waals surface area contributed by atoms with Crippen LogP contribution in [-0.4, -0.2) is 16.2 Å². The highest BCUT2D eigenvalue weighted by atomic mass is 35.5. The highest BCUT2D eigenvalue weighted by Crippen LogP contribution is 2.27. The maximum absolute atomic E-state index is 10.6. The molecule has 0 saturated carbocycles. The second kappa shape index (κ2) is 3.98. The molecule has 0 spiro atoms. The number of carbonyl (C=O) groups is 1. The molecule has 82 valence electrons. The molecule has 1 aromatic heterocycles. The van der Waals surface area contributed by atoms with Crippen molar-refractivity contribution in [3.05, 3.63) is 40.6 Å². The molecular weight excluding hydrogens is 230 g/mol. The lowest BCUT2D eigenvalue weighted by molar-refractivity contribution is 0.0652. The van der Waals surface area contributed by atoms with Crippen LogP contribution in [0.2, 0.25) is 5.02 Å². The fourth-order valence-electron chi connectivity index (χ4n) is 1.39. The van der Waals surface area contributed by atoms with Gasteiger partial charge in [0.1, 0.15) is 5.69 Å². The number of nitrogens with zero attached hydrogens (tertiary/aromatic N) is 1. The summed E-state index contributed by atoms with van der Waals surface area (Å²) in [4.78, 5) is 10.6. The third kappa shape index (κ3) is 1.79. The van der Waals surface area contributed by atoms with Gasteiger partial charge in [-0.1, -0.05) is 28.9 Å². The van der Waals surface area contributed by atoms with Crippen LogP contribution in [0.15, 0.2) is 28.8 Å². The Bertz CT molecular complexity index is 548. The molecule has 1 heterocycles. The second-order valence-corrected chi connectivity index (χ2v) is 3.70. The third-order valence-corrected chi connectivity index (χ3v) is 2.67. The lowest BCUT2D eigenvalue weighted by Crippen LogP contribution is -1.91. The molecule has 4 nitrogen and oxygen atoms in total. The Hall–Kier alpha value is -1.81. The van der Waals surface area contributed by atoms with E-state index >= 15 is 0 Å². The molecule has 1 aromatic carbocycles. The van der Waals surface area contributed by atoms with Gasteiger partial charge in [0, 0.05) is 16.7 Å². The Morgan fingerprint density at radius 3 is 2.88 bits per heavy atom. The number of aromatic carboxylic acids is 1. The van der Waals surface area contributed by atoms with Gasteiger partial charge in [-0.2, -0.15) is 0 Å². The summed E-state index contributed by atoms with van der Waals surface area (Å²) in [5.74, 6) is -1.33. The van der Waals surface area contributed by atoms with Crippen molar-refractivity contribution >= 4 is 17.6 Å². The van der Waals surface area contributed by atoms with E-state index in [9.17, 15) is 4.79 Å². The van der Waals surface area contributed by atoms with E-state index in [-0.39, 0.29) is 5.76 Å². The molecule has 16 heavy (non-hydrogen) atoms. The highest BCUT2D eigenvalue weighted by Gasteiger charge is 2.14. The van der Waals surface area contributed by atoms with Gasteiger partial charge < -0.3 is 9.63 Å². The number of carboxylic acids is 1. The van der Waals surface area contributed by atoms with Crippen LogP contribution in [0.4, 0.5) is 0 Å². The molecule has 0 atom stereocenters. The number of hydrogen-bond acceptors (Lipinski definition) is 3. The van der Waals surface area contributed by atoms with E-state index in [0.29, 0.717) is 10.7 Å². The lowest BCUT2D eigenvalue weighted by atomic mass is 10.1. The summed E-state index contributed by atoms with van der Waals surface area (Å²) in [6, 6.07) is 6.73. The van der Waals surface area contributed by atoms with E-state index in [1.165, 1.54) is 6.07 Å². The number of aromatic nitrogens is 1. The fraction of sp³-hybridized carbons (Fsp3) is 0.0909. The average Bonchev–Trinajstić information content (AvgIpc) is 2.71. The zero-order valence-corrected chi connectivity index (χ0v) is 9.15. The van der Waals surface area contributed by atoms with Gasteiger partial charge in [-0.25, -0.2) is 4.79 Å². The van der Waals surface area contributed by atoms with Crippen LogP contribution in [0.1, 0.15) is 16.1 Å². The minimum absolute atomic E-state index is 0.186. The predicted molar refractivity (Wildman–Crippen MR) is 58.6 cm³/mol. The van der Waals surface area contributed by atoms with Crippen LogP contribution in [0.3, 0.4) is 0 Å². The van der Waals surface area contributed by atoms with Gasteiger partial charge >= 0.3 is 5.97 Å². The number of halogens is 1. The Labute approximate surface area is 96.4 Å². The van der Waals surface area contributed by atoms with Gasteiger partial charge in [-0.3, -0.25) is 0 Å². The molecule has 2 aromatic rings. The summed E-state index contributed by atoms with van der Waals surface area (Å²) in [7, 11) is 0. The first-order valence-corrected chi connectivity index (χ1v) is 4.93. The van der Waals surface area contributed by atoms with Crippen LogP contribution in [0, 0.1) is 6.92 Å². The first-order valence-electron chi connectivity index (χ1n) is 4.55. The largest absolute Gasteiger partial charge is 0.475 e. The molecule has 0 amide bonds. The van der Waals surface area contributed by atoms with Crippen molar-refractivity contribution in [1.29, 1.82) is 0 Å². The van der Waals surface area contributed by atoms with E-state index in [1.807, 2.05) is 13.0 Å². The number of hydrogen-bond donors (Lipinski definition) is 1. The molecule has 0 aliphatic carbocycles. The van der Waals surface area contributed by atoms with Crippen LogP contribution in [0.25, 0.3) is 11.3 Å². The van der Waals surface area contributed by atoms with Crippen LogP contribution in [0.5, 0.6) is 0 Å². The molecule has 0 saturated heterocycles. The summed E-state index contributed by atoms with van der Waals surface area (Å²) in [5, 5.41) is 13.0. The summed E-state index contributed by atoms with van der Waals surface area (Å²) >= 11 is 5.96. The first kappa shape index (κ1) is 10.7. The molecular formula is C11H8ClNO3. The van der Waals surface area contributed by atoms with Gasteiger partial charge in [0.25, 0.3) is 0 Å². The summed E-state index contributed by atoms with van der Waals surface area (Å²) in [6.45, 7) is 1.84. The fourth-order valence-corrected chi connectivity index (χ4v) is 1.56. The SMILES string of the molecule is Cc1c(Cl)cccc1-c1cc(C(=O)O)on1. The van der Waals surface area contributed by atoms with Crippen molar-refractivity contribution < 1.29 is 14.4 Å². The normalized spacial score (nSPS) is 10.4. The number of benzene rings is 1. The van der Waals surface area contributed by atoms with Crippen molar-refractivity contribution in [2.45, 2.75) is 6.92 Å². The maximum Gasteiger partial charge on any atom is 0.374 e. The molecule has 0 fully saturated rings. The molecule has 0 aliphatic rings. The van der Waals surface area contributed by atoms with E-state index < -0.39 is 5.97 Å². The first-order chi connectivity index (χ1) is 7.59. The third-order valence-electron chi connectivity index (χ3n) is 2.26.